The van der Waals surface area contributed by atoms with Gasteiger partial charge in [-0.05, 0) is 56.8 Å². The SMILES string of the molecule is COC(=O)c1c(C)[nH]c(C(=O)CN(C)[C@H]2CCCc3ccccc32)c1C. The first-order valence-electron chi connectivity index (χ1n) is 9.02. The van der Waals surface area contributed by atoms with Gasteiger partial charge in [0.1, 0.15) is 0 Å². The van der Waals surface area contributed by atoms with Crippen LogP contribution in [0.3, 0.4) is 0 Å². The summed E-state index contributed by atoms with van der Waals surface area (Å²) in [6.07, 6.45) is 3.29. The van der Waals surface area contributed by atoms with E-state index in [0.29, 0.717) is 29.1 Å². The molecule has 0 unspecified atom stereocenters. The number of ketones is 1. The summed E-state index contributed by atoms with van der Waals surface area (Å²) in [5.41, 5.74) is 4.99. The molecule has 0 saturated carbocycles. The molecule has 26 heavy (non-hydrogen) atoms. The van der Waals surface area contributed by atoms with Crippen LogP contribution in [0.4, 0.5) is 0 Å². The van der Waals surface area contributed by atoms with Gasteiger partial charge in [-0.3, -0.25) is 9.69 Å². The minimum atomic E-state index is -0.412. The molecule has 1 atom stereocenters. The Labute approximate surface area is 154 Å². The van der Waals surface area contributed by atoms with Gasteiger partial charge < -0.3 is 9.72 Å². The topological polar surface area (TPSA) is 62.4 Å². The maximum Gasteiger partial charge on any atom is 0.339 e. The molecule has 1 heterocycles. The van der Waals surface area contributed by atoms with Gasteiger partial charge in [-0.25, -0.2) is 4.79 Å². The minimum Gasteiger partial charge on any atom is -0.465 e. The molecule has 5 heteroatoms. The molecule has 1 aliphatic carbocycles. The van der Waals surface area contributed by atoms with Crippen LogP contribution in [0, 0.1) is 13.8 Å². The summed E-state index contributed by atoms with van der Waals surface area (Å²) in [5, 5.41) is 0. The number of H-pyrrole nitrogens is 1. The van der Waals surface area contributed by atoms with Crippen LogP contribution in [0.5, 0.6) is 0 Å². The van der Waals surface area contributed by atoms with Crippen molar-refractivity contribution in [2.75, 3.05) is 20.7 Å². The number of nitrogens with one attached hydrogen (secondary N) is 1. The first-order chi connectivity index (χ1) is 12.4. The van der Waals surface area contributed by atoms with Gasteiger partial charge in [0.15, 0.2) is 5.78 Å². The van der Waals surface area contributed by atoms with Crippen LogP contribution in [0.1, 0.15) is 62.1 Å². The molecule has 1 aromatic carbocycles. The van der Waals surface area contributed by atoms with Crippen molar-refractivity contribution in [2.24, 2.45) is 0 Å². The summed E-state index contributed by atoms with van der Waals surface area (Å²) in [7, 11) is 3.35. The maximum atomic E-state index is 12.9. The Balaban J connectivity index is 1.80. The van der Waals surface area contributed by atoms with E-state index in [-0.39, 0.29) is 11.8 Å². The summed E-state index contributed by atoms with van der Waals surface area (Å²) >= 11 is 0. The second kappa shape index (κ2) is 7.46. The largest absolute Gasteiger partial charge is 0.465 e. The lowest BCUT2D eigenvalue weighted by molar-refractivity contribution is 0.0599. The van der Waals surface area contributed by atoms with Crippen LogP contribution in [-0.4, -0.2) is 42.3 Å². The summed E-state index contributed by atoms with van der Waals surface area (Å²) in [5.74, 6) is -0.420. The number of rotatable bonds is 5. The summed E-state index contributed by atoms with van der Waals surface area (Å²) in [4.78, 5) is 30.0. The quantitative estimate of drug-likeness (QED) is 0.658. The molecular formula is C21H26N2O3. The number of nitrogens with zero attached hydrogens (tertiary/aromatic N) is 1. The molecule has 3 rings (SSSR count). The monoisotopic (exact) mass is 354 g/mol. The Kier molecular flexibility index (Phi) is 5.28. The number of likely N-dealkylation sites (N-methyl/N-ethyl adjacent to an activating group) is 1. The Morgan fingerprint density at radius 1 is 1.27 bits per heavy atom. The van der Waals surface area contributed by atoms with E-state index in [2.05, 4.69) is 34.1 Å². The van der Waals surface area contributed by atoms with Gasteiger partial charge in [0, 0.05) is 11.7 Å². The van der Waals surface area contributed by atoms with E-state index in [1.807, 2.05) is 7.05 Å². The molecule has 0 aliphatic heterocycles. The van der Waals surface area contributed by atoms with E-state index in [0.717, 1.165) is 19.3 Å². The third-order valence-corrected chi connectivity index (χ3v) is 5.37. The number of carbonyl (C=O) groups excluding carboxylic acids is 2. The molecule has 1 aromatic heterocycles. The van der Waals surface area contributed by atoms with E-state index >= 15 is 0 Å². The average molecular weight is 354 g/mol. The molecule has 138 valence electrons. The van der Waals surface area contributed by atoms with Gasteiger partial charge in [-0.2, -0.15) is 0 Å². The zero-order valence-corrected chi connectivity index (χ0v) is 15.9. The lowest BCUT2D eigenvalue weighted by Gasteiger charge is -2.32. The van der Waals surface area contributed by atoms with Crippen LogP contribution < -0.4 is 0 Å². The number of Topliss-reactive ketones (excluding diaryl/α,β-unsaturated/α-hetero) is 1. The van der Waals surface area contributed by atoms with Crippen molar-refractivity contribution >= 4 is 11.8 Å². The molecule has 0 radical (unpaired) electrons. The number of aromatic nitrogens is 1. The van der Waals surface area contributed by atoms with Gasteiger partial charge in [0.25, 0.3) is 0 Å². The molecule has 0 spiro atoms. The van der Waals surface area contributed by atoms with E-state index < -0.39 is 5.97 Å². The van der Waals surface area contributed by atoms with Gasteiger partial charge in [-0.15, -0.1) is 0 Å². The fraction of sp³-hybridized carbons (Fsp3) is 0.429. The van der Waals surface area contributed by atoms with Crippen LogP contribution in [0.25, 0.3) is 0 Å². The first-order valence-corrected chi connectivity index (χ1v) is 9.02. The maximum absolute atomic E-state index is 12.9. The third-order valence-electron chi connectivity index (χ3n) is 5.37. The standard InChI is InChI=1S/C21H26N2O3/c1-13-19(21(25)26-4)14(2)22-20(13)18(24)12-23(3)17-11-7-9-15-8-5-6-10-16(15)17/h5-6,8,10,17,22H,7,9,11-12H2,1-4H3/t17-/m0/s1. The van der Waals surface area contributed by atoms with Crippen LogP contribution >= 0.6 is 0 Å². The first kappa shape index (κ1) is 18.4. The molecule has 0 fully saturated rings. The smallest absolute Gasteiger partial charge is 0.339 e. The van der Waals surface area contributed by atoms with Crippen LogP contribution in [0.2, 0.25) is 0 Å². The average Bonchev–Trinajstić information content (AvgIpc) is 2.95. The van der Waals surface area contributed by atoms with Gasteiger partial charge in [0.05, 0.1) is 24.9 Å². The van der Waals surface area contributed by atoms with Crippen molar-refractivity contribution in [2.45, 2.75) is 39.2 Å². The van der Waals surface area contributed by atoms with E-state index in [1.54, 1.807) is 13.8 Å². The summed E-state index contributed by atoms with van der Waals surface area (Å²) < 4.78 is 4.83. The molecule has 0 bridgehead atoms. The van der Waals surface area contributed by atoms with Gasteiger partial charge in [-0.1, -0.05) is 24.3 Å². The number of fused-ring (bicyclic) bond motifs is 1. The van der Waals surface area contributed by atoms with Crippen molar-refractivity contribution in [1.29, 1.82) is 0 Å². The molecule has 1 aliphatic rings. The fourth-order valence-electron chi connectivity index (χ4n) is 4.04. The van der Waals surface area contributed by atoms with Crippen LogP contribution in [-0.2, 0) is 11.2 Å². The van der Waals surface area contributed by atoms with Gasteiger partial charge in [0.2, 0.25) is 0 Å². The van der Waals surface area contributed by atoms with E-state index in [1.165, 1.54) is 18.2 Å². The third kappa shape index (κ3) is 3.31. The zero-order chi connectivity index (χ0) is 18.8. The van der Waals surface area contributed by atoms with Crippen molar-refractivity contribution < 1.29 is 14.3 Å². The van der Waals surface area contributed by atoms with Crippen molar-refractivity contribution in [3.63, 3.8) is 0 Å². The number of esters is 1. The predicted octanol–water partition coefficient (Wildman–Crippen LogP) is 3.61. The summed E-state index contributed by atoms with van der Waals surface area (Å²) in [6.45, 7) is 3.89. The number of aromatic amines is 1. The Bertz CT molecular complexity index is 838. The second-order valence-electron chi connectivity index (χ2n) is 7.06. The van der Waals surface area contributed by atoms with E-state index in [4.69, 9.17) is 4.74 Å². The molecule has 0 saturated heterocycles. The highest BCUT2D eigenvalue weighted by Crippen LogP contribution is 2.33. The highest BCUT2D eigenvalue weighted by Gasteiger charge is 2.27. The van der Waals surface area contributed by atoms with E-state index in [9.17, 15) is 9.59 Å². The minimum absolute atomic E-state index is 0.00805. The number of aryl methyl sites for hydroxylation is 2. The number of carbonyl (C=O) groups is 2. The highest BCUT2D eigenvalue weighted by atomic mass is 16.5. The number of ether oxygens (including phenoxy) is 1. The molecule has 1 N–H and O–H groups in total. The lowest BCUT2D eigenvalue weighted by atomic mass is 9.87. The van der Waals surface area contributed by atoms with Gasteiger partial charge >= 0.3 is 5.97 Å². The molecule has 2 aromatic rings. The molecule has 0 amide bonds. The predicted molar refractivity (Wildman–Crippen MR) is 101 cm³/mol. The van der Waals surface area contributed by atoms with Crippen molar-refractivity contribution in [3.05, 3.63) is 57.9 Å². The highest BCUT2D eigenvalue weighted by molar-refractivity contribution is 6.02. The Morgan fingerprint density at radius 3 is 2.73 bits per heavy atom. The number of hydrogen-bond donors (Lipinski definition) is 1. The lowest BCUT2D eigenvalue weighted by Crippen LogP contribution is -2.32. The molecule has 5 nitrogen and oxygen atoms in total. The van der Waals surface area contributed by atoms with Crippen LogP contribution in [0.15, 0.2) is 24.3 Å². The normalized spacial score (nSPS) is 16.4. The van der Waals surface area contributed by atoms with Crippen molar-refractivity contribution in [1.82, 2.24) is 9.88 Å². The number of methoxy groups -OCH3 is 1. The molecular weight excluding hydrogens is 328 g/mol. The fourth-order valence-corrected chi connectivity index (χ4v) is 4.04. The Hall–Kier alpha value is -2.40. The number of benzene rings is 1. The Morgan fingerprint density at radius 2 is 2.00 bits per heavy atom. The van der Waals surface area contributed by atoms with Crippen molar-refractivity contribution in [3.8, 4) is 0 Å². The zero-order valence-electron chi connectivity index (χ0n) is 15.9. The second-order valence-corrected chi connectivity index (χ2v) is 7.06. The number of hydrogen-bond acceptors (Lipinski definition) is 4. The summed E-state index contributed by atoms with van der Waals surface area (Å²) in [6, 6.07) is 8.73.